The van der Waals surface area contributed by atoms with Gasteiger partial charge in [0.05, 0.1) is 6.10 Å². The van der Waals surface area contributed by atoms with Gasteiger partial charge in [-0.1, -0.05) is 59.8 Å². The highest BCUT2D eigenvalue weighted by Crippen LogP contribution is 2.42. The zero-order chi connectivity index (χ0) is 14.9. The first kappa shape index (κ1) is 19.1. The number of phosphoric ester groups is 1. The maximum atomic E-state index is 11.2. The Morgan fingerprint density at radius 1 is 1.00 bits per heavy atom. The lowest BCUT2D eigenvalue weighted by Crippen LogP contribution is -2.26. The van der Waals surface area contributed by atoms with E-state index >= 15 is 0 Å². The van der Waals surface area contributed by atoms with E-state index in [1.807, 2.05) is 0 Å². The molecule has 116 valence electrons. The highest BCUT2D eigenvalue weighted by molar-refractivity contribution is 7.46. The van der Waals surface area contributed by atoms with Crippen molar-refractivity contribution in [3.63, 3.8) is 0 Å². The summed E-state index contributed by atoms with van der Waals surface area (Å²) >= 11 is 0. The van der Waals surface area contributed by atoms with Crippen LogP contribution in [0.1, 0.15) is 72.6 Å². The van der Waals surface area contributed by atoms with Crippen molar-refractivity contribution in [1.82, 2.24) is 0 Å². The first-order chi connectivity index (χ1) is 8.87. The fourth-order valence-electron chi connectivity index (χ4n) is 2.75. The molecule has 0 bridgehead atoms. The molecule has 0 aromatic carbocycles. The molecule has 0 aliphatic heterocycles. The molecule has 0 spiro atoms. The van der Waals surface area contributed by atoms with Crippen molar-refractivity contribution in [2.75, 3.05) is 0 Å². The predicted octanol–water partition coefficient (Wildman–Crippen LogP) is 4.51. The zero-order valence-corrected chi connectivity index (χ0v) is 13.7. The van der Waals surface area contributed by atoms with E-state index in [-0.39, 0.29) is 12.0 Å². The molecule has 0 fully saturated rings. The summed E-state index contributed by atoms with van der Waals surface area (Å²) in [5.41, 5.74) is 0. The van der Waals surface area contributed by atoms with Crippen molar-refractivity contribution in [2.24, 2.45) is 11.8 Å². The molecule has 4 nitrogen and oxygen atoms in total. The minimum Gasteiger partial charge on any atom is -0.303 e. The molecule has 0 aliphatic rings. The molecule has 0 aromatic heterocycles. The highest BCUT2D eigenvalue weighted by Gasteiger charge is 2.29. The van der Waals surface area contributed by atoms with Crippen LogP contribution in [0.15, 0.2) is 0 Å². The van der Waals surface area contributed by atoms with Crippen molar-refractivity contribution >= 4 is 7.82 Å². The van der Waals surface area contributed by atoms with Gasteiger partial charge in [-0.15, -0.1) is 0 Å². The van der Waals surface area contributed by atoms with E-state index in [1.54, 1.807) is 0 Å². The Labute approximate surface area is 118 Å². The van der Waals surface area contributed by atoms with Crippen molar-refractivity contribution in [1.29, 1.82) is 0 Å². The Balaban J connectivity index is 4.77. The highest BCUT2D eigenvalue weighted by atomic mass is 31.2. The van der Waals surface area contributed by atoms with Gasteiger partial charge >= 0.3 is 7.82 Å². The van der Waals surface area contributed by atoms with Crippen LogP contribution in [-0.2, 0) is 9.09 Å². The second kappa shape index (κ2) is 9.93. The van der Waals surface area contributed by atoms with Gasteiger partial charge in [-0.25, -0.2) is 4.57 Å². The third-order valence-electron chi connectivity index (χ3n) is 3.82. The largest absolute Gasteiger partial charge is 0.469 e. The molecular formula is C14H31O4P. The van der Waals surface area contributed by atoms with E-state index in [9.17, 15) is 4.57 Å². The molecule has 0 radical (unpaired) electrons. The monoisotopic (exact) mass is 294 g/mol. The summed E-state index contributed by atoms with van der Waals surface area (Å²) in [6.07, 6.45) is 6.56. The van der Waals surface area contributed by atoms with Crippen LogP contribution in [-0.4, -0.2) is 15.9 Å². The third kappa shape index (κ3) is 8.80. The summed E-state index contributed by atoms with van der Waals surface area (Å²) in [7, 11) is -4.40. The Morgan fingerprint density at radius 3 is 1.95 bits per heavy atom. The maximum absolute atomic E-state index is 11.2. The standard InChI is InChI=1S/C14H31O4P/c1-5-9-12(7-3)11-14(18-19(15,16)17)13(8-4)10-6-2/h12-14H,5-11H2,1-4H3,(H2,15,16,17). The van der Waals surface area contributed by atoms with Gasteiger partial charge in [0.1, 0.15) is 0 Å². The summed E-state index contributed by atoms with van der Waals surface area (Å²) in [4.78, 5) is 18.2. The normalized spacial score (nSPS) is 17.2. The van der Waals surface area contributed by atoms with Crippen LogP contribution in [0.2, 0.25) is 0 Å². The number of rotatable bonds is 11. The van der Waals surface area contributed by atoms with Crippen LogP contribution in [0.5, 0.6) is 0 Å². The van der Waals surface area contributed by atoms with Crippen molar-refractivity contribution < 1.29 is 18.9 Å². The topological polar surface area (TPSA) is 66.8 Å². The fraction of sp³-hybridized carbons (Fsp3) is 1.00. The molecule has 3 atom stereocenters. The molecule has 3 unspecified atom stereocenters. The van der Waals surface area contributed by atoms with Crippen LogP contribution in [0.3, 0.4) is 0 Å². The van der Waals surface area contributed by atoms with Gasteiger partial charge in [0.25, 0.3) is 0 Å². The molecule has 19 heavy (non-hydrogen) atoms. The SMILES string of the molecule is CCCC(CC)CC(OP(=O)(O)O)C(CC)CCC. The molecule has 0 aromatic rings. The van der Waals surface area contributed by atoms with Gasteiger partial charge in [0.2, 0.25) is 0 Å². The molecule has 0 rings (SSSR count). The first-order valence-electron chi connectivity index (χ1n) is 7.61. The lowest BCUT2D eigenvalue weighted by atomic mass is 9.85. The lowest BCUT2D eigenvalue weighted by Gasteiger charge is -2.29. The average molecular weight is 294 g/mol. The van der Waals surface area contributed by atoms with Crippen LogP contribution in [0.25, 0.3) is 0 Å². The number of phosphoric acid groups is 1. The average Bonchev–Trinajstić information content (AvgIpc) is 2.32. The lowest BCUT2D eigenvalue weighted by molar-refractivity contribution is 0.0608. The van der Waals surface area contributed by atoms with Gasteiger partial charge in [-0.2, -0.15) is 0 Å². The van der Waals surface area contributed by atoms with Crippen LogP contribution < -0.4 is 0 Å². The summed E-state index contributed by atoms with van der Waals surface area (Å²) in [5, 5.41) is 0. The summed E-state index contributed by atoms with van der Waals surface area (Å²) in [6, 6.07) is 0. The smallest absolute Gasteiger partial charge is 0.303 e. The second-order valence-electron chi connectivity index (χ2n) is 5.39. The second-order valence-corrected chi connectivity index (χ2v) is 6.58. The maximum Gasteiger partial charge on any atom is 0.469 e. The third-order valence-corrected chi connectivity index (χ3v) is 4.37. The van der Waals surface area contributed by atoms with Gasteiger partial charge in [0, 0.05) is 0 Å². The first-order valence-corrected chi connectivity index (χ1v) is 9.14. The van der Waals surface area contributed by atoms with Crippen LogP contribution in [0.4, 0.5) is 0 Å². The Bertz CT molecular complexity index is 264. The molecule has 5 heteroatoms. The number of hydrogen-bond acceptors (Lipinski definition) is 2. The molecule has 0 aliphatic carbocycles. The Morgan fingerprint density at radius 2 is 1.58 bits per heavy atom. The van der Waals surface area contributed by atoms with E-state index in [1.165, 1.54) is 0 Å². The van der Waals surface area contributed by atoms with Crippen LogP contribution in [0, 0.1) is 11.8 Å². The summed E-state index contributed by atoms with van der Waals surface area (Å²) < 4.78 is 16.3. The van der Waals surface area contributed by atoms with Crippen molar-refractivity contribution in [3.8, 4) is 0 Å². The van der Waals surface area contributed by atoms with Crippen LogP contribution >= 0.6 is 7.82 Å². The van der Waals surface area contributed by atoms with Gasteiger partial charge in [0.15, 0.2) is 0 Å². The number of hydrogen-bond donors (Lipinski definition) is 2. The van der Waals surface area contributed by atoms with Crippen molar-refractivity contribution in [2.45, 2.75) is 78.7 Å². The van der Waals surface area contributed by atoms with E-state index in [4.69, 9.17) is 14.3 Å². The summed E-state index contributed by atoms with van der Waals surface area (Å²) in [6.45, 7) is 8.44. The minimum atomic E-state index is -4.40. The van der Waals surface area contributed by atoms with E-state index < -0.39 is 7.82 Å². The van der Waals surface area contributed by atoms with Gasteiger partial charge < -0.3 is 9.79 Å². The van der Waals surface area contributed by atoms with Crippen molar-refractivity contribution in [3.05, 3.63) is 0 Å². The summed E-state index contributed by atoms with van der Waals surface area (Å²) in [5.74, 6) is 0.732. The van der Waals surface area contributed by atoms with E-state index in [0.29, 0.717) is 5.92 Å². The molecule has 0 saturated heterocycles. The Kier molecular flexibility index (Phi) is 9.98. The van der Waals surface area contributed by atoms with Gasteiger partial charge in [-0.05, 0) is 24.7 Å². The molecular weight excluding hydrogens is 263 g/mol. The molecule has 2 N–H and O–H groups in total. The van der Waals surface area contributed by atoms with Gasteiger partial charge in [-0.3, -0.25) is 4.52 Å². The van der Waals surface area contributed by atoms with E-state index in [0.717, 1.165) is 44.9 Å². The van der Waals surface area contributed by atoms with E-state index in [2.05, 4.69) is 27.7 Å². The molecule has 0 heterocycles. The quantitative estimate of drug-likeness (QED) is 0.550. The molecule has 0 saturated carbocycles. The fourth-order valence-corrected chi connectivity index (χ4v) is 3.36. The Hall–Kier alpha value is 0.110. The predicted molar refractivity (Wildman–Crippen MR) is 78.9 cm³/mol. The zero-order valence-electron chi connectivity index (χ0n) is 12.8. The minimum absolute atomic E-state index is 0.239. The molecule has 0 amide bonds.